The number of nitrogens with zero attached hydrogens (tertiary/aromatic N) is 2. The largest absolute Gasteiger partial charge is 0.490 e. The number of carboxylic acids is 1. The molecule has 1 N–H and O–H groups in total. The molecular weight excluding hydrogens is 508 g/mol. The number of thioether (sulfide) groups is 1. The van der Waals surface area contributed by atoms with Crippen molar-refractivity contribution in [1.29, 1.82) is 0 Å². The van der Waals surface area contributed by atoms with Crippen molar-refractivity contribution >= 4 is 56.5 Å². The summed E-state index contributed by atoms with van der Waals surface area (Å²) in [5, 5.41) is 9.58. The fraction of sp³-hybridized carbons (Fsp3) is 0.208. The first-order valence-electron chi connectivity index (χ1n) is 10.0. The Labute approximate surface area is 204 Å². The minimum absolute atomic E-state index is 0.103. The van der Waals surface area contributed by atoms with Gasteiger partial charge in [0.1, 0.15) is 6.61 Å². The highest BCUT2D eigenvalue weighted by Crippen LogP contribution is 2.39. The van der Waals surface area contributed by atoms with Crippen molar-refractivity contribution in [3.63, 3.8) is 0 Å². The monoisotopic (exact) mass is 528 g/mol. The first kappa shape index (κ1) is 24.4. The maximum absolute atomic E-state index is 13.0. The number of halogens is 1. The molecule has 1 aliphatic heterocycles. The minimum Gasteiger partial charge on any atom is -0.490 e. The fourth-order valence-corrected chi connectivity index (χ4v) is 4.64. The number of aromatic carboxylic acids is 1. The van der Waals surface area contributed by atoms with Crippen LogP contribution in [0.3, 0.4) is 0 Å². The first-order valence-corrected chi connectivity index (χ1v) is 11.6. The van der Waals surface area contributed by atoms with Crippen LogP contribution in [-0.2, 0) is 4.79 Å². The summed E-state index contributed by atoms with van der Waals surface area (Å²) < 4.78 is 11.9. The van der Waals surface area contributed by atoms with Crippen LogP contribution in [0.25, 0.3) is 6.08 Å². The molecule has 170 valence electrons. The Kier molecular flexibility index (Phi) is 8.20. The summed E-state index contributed by atoms with van der Waals surface area (Å²) in [4.78, 5) is 30.6. The summed E-state index contributed by atoms with van der Waals surface area (Å²) in [5.41, 5.74) is 1.48. The highest BCUT2D eigenvalue weighted by atomic mass is 79.9. The molecule has 0 atom stereocenters. The number of rotatable bonds is 8. The van der Waals surface area contributed by atoms with Crippen molar-refractivity contribution in [1.82, 2.24) is 4.90 Å². The van der Waals surface area contributed by atoms with E-state index >= 15 is 0 Å². The number of hydrogen-bond donors (Lipinski definition) is 1. The van der Waals surface area contributed by atoms with E-state index in [9.17, 15) is 9.59 Å². The van der Waals surface area contributed by atoms with Gasteiger partial charge in [0.25, 0.3) is 5.91 Å². The molecule has 0 aliphatic carbocycles. The predicted molar refractivity (Wildman–Crippen MR) is 133 cm³/mol. The number of ether oxygens (including phenoxy) is 2. The van der Waals surface area contributed by atoms with E-state index in [1.807, 2.05) is 19.9 Å². The summed E-state index contributed by atoms with van der Waals surface area (Å²) in [7, 11) is 0. The molecule has 1 fully saturated rings. The van der Waals surface area contributed by atoms with Crippen LogP contribution in [0.15, 0.2) is 50.8 Å². The zero-order chi connectivity index (χ0) is 24.0. The van der Waals surface area contributed by atoms with Crippen molar-refractivity contribution in [3.05, 3.63) is 56.9 Å². The van der Waals surface area contributed by atoms with Crippen LogP contribution in [0.2, 0.25) is 0 Å². The average Bonchev–Trinajstić information content (AvgIpc) is 3.07. The Hall–Kier alpha value is -3.22. The average molecular weight is 529 g/mol. The molecule has 1 amide bonds. The number of carbonyl (C=O) groups is 2. The molecule has 0 bridgehead atoms. The number of carboxylic acid groups (broad SMARTS) is 1. The summed E-state index contributed by atoms with van der Waals surface area (Å²) in [6, 6.07) is 9.79. The zero-order valence-corrected chi connectivity index (χ0v) is 20.4. The van der Waals surface area contributed by atoms with Gasteiger partial charge in [-0.25, -0.2) is 9.79 Å². The molecule has 0 radical (unpaired) electrons. The van der Waals surface area contributed by atoms with Gasteiger partial charge < -0.3 is 14.6 Å². The number of amidine groups is 1. The number of amides is 1. The smallest absolute Gasteiger partial charge is 0.335 e. The topological polar surface area (TPSA) is 88.4 Å². The summed E-state index contributed by atoms with van der Waals surface area (Å²) in [5.74, 6) is 2.28. The van der Waals surface area contributed by atoms with Crippen molar-refractivity contribution in [2.45, 2.75) is 13.8 Å². The number of carbonyl (C=O) groups excluding carboxylic acids is 1. The molecule has 1 heterocycles. The normalized spacial score (nSPS) is 15.7. The van der Waals surface area contributed by atoms with Crippen molar-refractivity contribution in [2.24, 2.45) is 4.99 Å². The maximum atomic E-state index is 13.0. The van der Waals surface area contributed by atoms with Gasteiger partial charge in [-0.05, 0) is 89.6 Å². The highest BCUT2D eigenvalue weighted by Gasteiger charge is 2.32. The third-order valence-corrected chi connectivity index (χ3v) is 6.07. The standard InChI is InChI=1S/C24H21BrN2O5S/c1-4-11-32-21-18(25)12-15(13-19(21)31-6-3)14-20-22(28)27(5-2)24(33-20)26-17-9-7-16(8-10-17)23(29)30/h1,7-10,12-14H,5-6,11H2,2-3H3,(H,29,30)/b20-14-,26-24?. The van der Waals surface area contributed by atoms with Gasteiger partial charge in [0.15, 0.2) is 16.7 Å². The number of hydrogen-bond acceptors (Lipinski definition) is 6. The van der Waals surface area contributed by atoms with Crippen LogP contribution in [0.1, 0.15) is 29.8 Å². The quantitative estimate of drug-likeness (QED) is 0.375. The molecule has 2 aromatic carbocycles. The SMILES string of the molecule is C#CCOc1c(Br)cc(/C=C2\SC(=Nc3ccc(C(=O)O)cc3)N(CC)C2=O)cc1OCC. The Bertz CT molecular complexity index is 1170. The number of aliphatic imine (C=N–C) groups is 1. The molecule has 3 rings (SSSR count). The molecule has 0 spiro atoms. The third kappa shape index (κ3) is 5.78. The fourth-order valence-electron chi connectivity index (χ4n) is 3.00. The minimum atomic E-state index is -1.01. The highest BCUT2D eigenvalue weighted by molar-refractivity contribution is 9.10. The molecule has 2 aromatic rings. The summed E-state index contributed by atoms with van der Waals surface area (Å²) in [6.07, 6.45) is 7.06. The van der Waals surface area contributed by atoms with E-state index < -0.39 is 5.97 Å². The number of likely N-dealkylation sites (N-methyl/N-ethyl adjacent to an activating group) is 1. The molecule has 0 unspecified atom stereocenters. The van der Waals surface area contributed by atoms with Gasteiger partial charge in [0.2, 0.25) is 0 Å². The lowest BCUT2D eigenvalue weighted by atomic mass is 10.2. The van der Waals surface area contributed by atoms with Gasteiger partial charge in [-0.15, -0.1) is 6.42 Å². The third-order valence-electron chi connectivity index (χ3n) is 4.47. The lowest BCUT2D eigenvalue weighted by Crippen LogP contribution is -2.28. The molecule has 1 saturated heterocycles. The molecule has 0 saturated carbocycles. The van der Waals surface area contributed by atoms with Crippen LogP contribution in [-0.4, -0.2) is 46.8 Å². The van der Waals surface area contributed by atoms with Gasteiger partial charge in [-0.2, -0.15) is 0 Å². The van der Waals surface area contributed by atoms with E-state index in [-0.39, 0.29) is 18.1 Å². The van der Waals surface area contributed by atoms with E-state index in [1.54, 1.807) is 29.2 Å². The van der Waals surface area contributed by atoms with E-state index in [4.69, 9.17) is 21.0 Å². The maximum Gasteiger partial charge on any atom is 0.335 e. The van der Waals surface area contributed by atoms with E-state index in [1.165, 1.54) is 23.9 Å². The summed E-state index contributed by atoms with van der Waals surface area (Å²) >= 11 is 4.74. The van der Waals surface area contributed by atoms with Crippen molar-refractivity contribution in [2.75, 3.05) is 19.8 Å². The molecule has 1 aliphatic rings. The van der Waals surface area contributed by atoms with Crippen molar-refractivity contribution in [3.8, 4) is 23.8 Å². The Balaban J connectivity index is 1.93. The van der Waals surface area contributed by atoms with Crippen LogP contribution in [0.5, 0.6) is 11.5 Å². The molecule has 0 aromatic heterocycles. The number of benzene rings is 2. The van der Waals surface area contributed by atoms with E-state index in [0.717, 1.165) is 5.56 Å². The Morgan fingerprint density at radius 1 is 1.27 bits per heavy atom. The van der Waals surface area contributed by atoms with Crippen LogP contribution >= 0.6 is 27.7 Å². The second-order valence-electron chi connectivity index (χ2n) is 6.66. The Morgan fingerprint density at radius 3 is 2.61 bits per heavy atom. The van der Waals surface area contributed by atoms with E-state index in [2.05, 4.69) is 26.8 Å². The molecule has 33 heavy (non-hydrogen) atoms. The zero-order valence-electron chi connectivity index (χ0n) is 18.0. The van der Waals surface area contributed by atoms with E-state index in [0.29, 0.717) is 44.9 Å². The van der Waals surface area contributed by atoms with Crippen LogP contribution in [0, 0.1) is 12.3 Å². The molecule has 9 heteroatoms. The van der Waals surface area contributed by atoms with Crippen molar-refractivity contribution < 1.29 is 24.2 Å². The van der Waals surface area contributed by atoms with Gasteiger partial charge >= 0.3 is 5.97 Å². The second-order valence-corrected chi connectivity index (χ2v) is 8.53. The van der Waals surface area contributed by atoms with Crippen LogP contribution in [0.4, 0.5) is 5.69 Å². The molecule has 7 nitrogen and oxygen atoms in total. The predicted octanol–water partition coefficient (Wildman–Crippen LogP) is 5.18. The second kappa shape index (κ2) is 11.1. The lowest BCUT2D eigenvalue weighted by Gasteiger charge is -2.13. The Morgan fingerprint density at radius 2 is 2.00 bits per heavy atom. The lowest BCUT2D eigenvalue weighted by molar-refractivity contribution is -0.122. The van der Waals surface area contributed by atoms with Gasteiger partial charge in [0.05, 0.1) is 27.2 Å². The summed E-state index contributed by atoms with van der Waals surface area (Å²) in [6.45, 7) is 4.72. The van der Waals surface area contributed by atoms with Gasteiger partial charge in [-0.1, -0.05) is 5.92 Å². The first-order chi connectivity index (χ1) is 15.9. The van der Waals surface area contributed by atoms with Gasteiger partial charge in [0, 0.05) is 6.54 Å². The number of terminal acetylenes is 1. The van der Waals surface area contributed by atoms with Gasteiger partial charge in [-0.3, -0.25) is 9.69 Å². The van der Waals surface area contributed by atoms with Crippen LogP contribution < -0.4 is 9.47 Å². The molecular formula is C24H21BrN2O5S.